The number of ether oxygens (including phenoxy) is 1. The Morgan fingerprint density at radius 2 is 2.12 bits per heavy atom. The van der Waals surface area contributed by atoms with Gasteiger partial charge in [-0.25, -0.2) is 0 Å². The highest BCUT2D eigenvalue weighted by Crippen LogP contribution is 2.44. The number of hydrogen-bond donors (Lipinski definition) is 0. The zero-order valence-corrected chi connectivity index (χ0v) is 9.06. The maximum atomic E-state index is 12.4. The molecule has 1 aliphatic carbocycles. The van der Waals surface area contributed by atoms with Gasteiger partial charge >= 0.3 is 0 Å². The van der Waals surface area contributed by atoms with Crippen molar-refractivity contribution in [3.05, 3.63) is 18.5 Å². The summed E-state index contributed by atoms with van der Waals surface area (Å²) in [4.78, 5) is 14.3. The predicted molar refractivity (Wildman–Crippen MR) is 55.7 cm³/mol. The first kappa shape index (κ1) is 9.84. The molecule has 5 nitrogen and oxygen atoms in total. The smallest absolute Gasteiger partial charge is 0.250 e. The van der Waals surface area contributed by atoms with Gasteiger partial charge in [0.1, 0.15) is 5.54 Å². The monoisotopic (exact) mass is 220 g/mol. The molecule has 1 aromatic heterocycles. The number of hydrogen-bond acceptors (Lipinski definition) is 3. The van der Waals surface area contributed by atoms with Crippen molar-refractivity contribution in [2.24, 2.45) is 0 Å². The van der Waals surface area contributed by atoms with E-state index in [0.29, 0.717) is 26.3 Å². The zero-order valence-electron chi connectivity index (χ0n) is 9.06. The third kappa shape index (κ3) is 1.43. The van der Waals surface area contributed by atoms with Gasteiger partial charge in [-0.15, -0.1) is 0 Å². The van der Waals surface area contributed by atoms with Crippen molar-refractivity contribution in [2.45, 2.75) is 18.4 Å². The molecule has 1 aliphatic heterocycles. The van der Waals surface area contributed by atoms with Gasteiger partial charge in [0.05, 0.1) is 19.4 Å². The van der Waals surface area contributed by atoms with Crippen LogP contribution in [-0.2, 0) is 15.1 Å². The van der Waals surface area contributed by atoms with E-state index in [4.69, 9.17) is 4.74 Å². The number of aromatic nitrogens is 2. The molecule has 1 amide bonds. The molecule has 1 radical (unpaired) electrons. The van der Waals surface area contributed by atoms with Crippen LogP contribution in [0.1, 0.15) is 12.8 Å². The second-order valence-corrected chi connectivity index (χ2v) is 4.32. The molecular formula is C11H14N3O2. The van der Waals surface area contributed by atoms with Crippen LogP contribution in [0, 0.1) is 6.07 Å². The molecule has 85 valence electrons. The van der Waals surface area contributed by atoms with E-state index >= 15 is 0 Å². The fraction of sp³-hybridized carbons (Fsp3) is 0.636. The molecule has 1 saturated carbocycles. The minimum atomic E-state index is -0.405. The molecule has 2 heterocycles. The minimum absolute atomic E-state index is 0.188. The fourth-order valence-electron chi connectivity index (χ4n) is 2.19. The summed E-state index contributed by atoms with van der Waals surface area (Å²) in [7, 11) is 0. The first-order valence-electron chi connectivity index (χ1n) is 5.61. The van der Waals surface area contributed by atoms with Crippen LogP contribution in [0.2, 0.25) is 0 Å². The number of nitrogens with zero attached hydrogens (tertiary/aromatic N) is 3. The average molecular weight is 220 g/mol. The van der Waals surface area contributed by atoms with Crippen molar-refractivity contribution in [3.8, 4) is 0 Å². The summed E-state index contributed by atoms with van der Waals surface area (Å²) in [5.41, 5.74) is -0.405. The van der Waals surface area contributed by atoms with E-state index in [1.807, 2.05) is 4.90 Å². The van der Waals surface area contributed by atoms with E-state index in [-0.39, 0.29) is 5.91 Å². The highest BCUT2D eigenvalue weighted by Gasteiger charge is 2.54. The van der Waals surface area contributed by atoms with Gasteiger partial charge in [0.15, 0.2) is 0 Å². The van der Waals surface area contributed by atoms with Crippen LogP contribution in [-0.4, -0.2) is 46.9 Å². The SMILES string of the molecule is O=C(N1CCOCC1)C1(n2c[c]cn2)CC1. The Morgan fingerprint density at radius 3 is 2.69 bits per heavy atom. The molecular weight excluding hydrogens is 206 g/mol. The van der Waals surface area contributed by atoms with Gasteiger partial charge in [-0.05, 0) is 12.8 Å². The maximum Gasteiger partial charge on any atom is 0.250 e. The molecule has 0 unspecified atom stereocenters. The predicted octanol–water partition coefficient (Wildman–Crippen LogP) is 0.0312. The van der Waals surface area contributed by atoms with Crippen molar-refractivity contribution in [1.29, 1.82) is 0 Å². The summed E-state index contributed by atoms with van der Waals surface area (Å²) in [5.74, 6) is 0.188. The second-order valence-electron chi connectivity index (χ2n) is 4.32. The van der Waals surface area contributed by atoms with Crippen LogP contribution in [0.25, 0.3) is 0 Å². The van der Waals surface area contributed by atoms with Crippen LogP contribution >= 0.6 is 0 Å². The van der Waals surface area contributed by atoms with Gasteiger partial charge in [0.2, 0.25) is 0 Å². The Hall–Kier alpha value is -1.36. The van der Waals surface area contributed by atoms with E-state index < -0.39 is 5.54 Å². The average Bonchev–Trinajstić information content (AvgIpc) is 2.97. The maximum absolute atomic E-state index is 12.4. The van der Waals surface area contributed by atoms with Crippen LogP contribution in [0.3, 0.4) is 0 Å². The molecule has 0 aromatic carbocycles. The number of rotatable bonds is 2. The summed E-state index contributed by atoms with van der Waals surface area (Å²) < 4.78 is 7.01. The van der Waals surface area contributed by atoms with Gasteiger partial charge in [0, 0.05) is 25.4 Å². The van der Waals surface area contributed by atoms with Crippen molar-refractivity contribution in [3.63, 3.8) is 0 Å². The summed E-state index contributed by atoms with van der Waals surface area (Å²) in [6.45, 7) is 2.69. The molecule has 2 fully saturated rings. The van der Waals surface area contributed by atoms with Crippen molar-refractivity contribution in [2.75, 3.05) is 26.3 Å². The van der Waals surface area contributed by atoms with Crippen molar-refractivity contribution < 1.29 is 9.53 Å². The van der Waals surface area contributed by atoms with Gasteiger partial charge < -0.3 is 9.64 Å². The normalized spacial score (nSPS) is 23.1. The van der Waals surface area contributed by atoms with Crippen molar-refractivity contribution in [1.82, 2.24) is 14.7 Å². The fourth-order valence-corrected chi connectivity index (χ4v) is 2.19. The Labute approximate surface area is 94.0 Å². The lowest BCUT2D eigenvalue weighted by molar-refractivity contribution is -0.140. The summed E-state index contributed by atoms with van der Waals surface area (Å²) >= 11 is 0. The second kappa shape index (κ2) is 3.59. The van der Waals surface area contributed by atoms with E-state index in [2.05, 4.69) is 11.2 Å². The van der Waals surface area contributed by atoms with Gasteiger partial charge in [-0.1, -0.05) is 0 Å². The molecule has 16 heavy (non-hydrogen) atoms. The third-order valence-electron chi connectivity index (χ3n) is 3.31. The molecule has 3 rings (SSSR count). The highest BCUT2D eigenvalue weighted by molar-refractivity contribution is 5.87. The molecule has 0 spiro atoms. The summed E-state index contributed by atoms with van der Waals surface area (Å²) in [5, 5.41) is 4.15. The van der Waals surface area contributed by atoms with Crippen LogP contribution in [0.5, 0.6) is 0 Å². The molecule has 0 bridgehead atoms. The molecule has 2 aliphatic rings. The Kier molecular flexibility index (Phi) is 2.21. The van der Waals surface area contributed by atoms with Crippen LogP contribution in [0.15, 0.2) is 12.4 Å². The van der Waals surface area contributed by atoms with Crippen molar-refractivity contribution >= 4 is 5.91 Å². The Bertz CT molecular complexity index is 378. The largest absolute Gasteiger partial charge is 0.378 e. The first-order valence-corrected chi connectivity index (χ1v) is 5.61. The topological polar surface area (TPSA) is 47.4 Å². The van der Waals surface area contributed by atoms with Gasteiger partial charge in [0.25, 0.3) is 5.91 Å². The Morgan fingerprint density at radius 1 is 1.38 bits per heavy atom. The number of carbonyl (C=O) groups is 1. The van der Waals surface area contributed by atoms with E-state index in [9.17, 15) is 4.79 Å². The lowest BCUT2D eigenvalue weighted by atomic mass is 10.2. The molecule has 5 heteroatoms. The van der Waals surface area contributed by atoms with Crippen LogP contribution < -0.4 is 0 Å². The first-order chi connectivity index (χ1) is 7.83. The number of morpholine rings is 1. The minimum Gasteiger partial charge on any atom is -0.378 e. The molecule has 1 aromatic rings. The van der Waals surface area contributed by atoms with Gasteiger partial charge in [-0.3, -0.25) is 9.48 Å². The molecule has 0 N–H and O–H groups in total. The van der Waals surface area contributed by atoms with E-state index in [1.165, 1.54) is 0 Å². The molecule has 1 saturated heterocycles. The Balaban J connectivity index is 1.79. The quantitative estimate of drug-likeness (QED) is 0.706. The third-order valence-corrected chi connectivity index (χ3v) is 3.31. The zero-order chi connectivity index (χ0) is 11.0. The van der Waals surface area contributed by atoms with Gasteiger partial charge in [-0.2, -0.15) is 5.10 Å². The standard InChI is InChI=1S/C11H14N3O2/c15-10(13-6-8-16-9-7-13)11(2-3-11)14-5-1-4-12-14/h4-5H,2-3,6-9H2. The number of carbonyl (C=O) groups excluding carboxylic acids is 1. The van der Waals surface area contributed by atoms with E-state index in [1.54, 1.807) is 17.1 Å². The van der Waals surface area contributed by atoms with E-state index in [0.717, 1.165) is 12.8 Å². The lowest BCUT2D eigenvalue weighted by Gasteiger charge is -2.30. The van der Waals surface area contributed by atoms with Crippen LogP contribution in [0.4, 0.5) is 0 Å². The summed E-state index contributed by atoms with van der Waals surface area (Å²) in [6.07, 6.45) is 5.13. The highest BCUT2D eigenvalue weighted by atomic mass is 16.5. The molecule has 0 atom stereocenters. The summed E-state index contributed by atoms with van der Waals surface area (Å²) in [6, 6.07) is 2.89. The lowest BCUT2D eigenvalue weighted by Crippen LogP contribution is -2.47. The number of amides is 1.